The molecule has 0 aliphatic heterocycles. The number of rotatable bonds is 3. The zero-order chi connectivity index (χ0) is 16.7. The summed E-state index contributed by atoms with van der Waals surface area (Å²) in [5, 5.41) is 9.63. The maximum atomic E-state index is 12.1. The van der Waals surface area contributed by atoms with Crippen LogP contribution in [0.5, 0.6) is 0 Å². The second kappa shape index (κ2) is 5.77. The van der Waals surface area contributed by atoms with Crippen molar-refractivity contribution in [3.05, 3.63) is 58.3 Å². The lowest BCUT2D eigenvalue weighted by atomic mass is 10.2. The van der Waals surface area contributed by atoms with Gasteiger partial charge < -0.3 is 4.42 Å². The second-order valence-corrected chi connectivity index (χ2v) is 6.40. The van der Waals surface area contributed by atoms with Gasteiger partial charge in [0.25, 0.3) is 11.9 Å². The largest absolute Gasteiger partial charge is 0.456 e. The number of carbonyl (C=O) groups excluding carboxylic acids is 1. The Morgan fingerprint density at radius 2 is 2.04 bits per heavy atom. The Morgan fingerprint density at radius 1 is 1.25 bits per heavy atom. The summed E-state index contributed by atoms with van der Waals surface area (Å²) in [7, 11) is 0. The zero-order valence-corrected chi connectivity index (χ0v) is 14.1. The lowest BCUT2D eigenvalue weighted by molar-refractivity contribution is 0.0994. The number of halogens is 1. The molecule has 120 valence electrons. The van der Waals surface area contributed by atoms with Gasteiger partial charge in [-0.05, 0) is 31.2 Å². The highest BCUT2D eigenvalue weighted by Crippen LogP contribution is 2.27. The van der Waals surface area contributed by atoms with E-state index in [1.54, 1.807) is 23.6 Å². The SMILES string of the molecule is Cc1ccc(C(=O)Nc2nc3scc(-c4ccc(Cl)cc4)n3n2)o1. The Bertz CT molecular complexity index is 1030. The van der Waals surface area contributed by atoms with Gasteiger partial charge in [0.2, 0.25) is 4.96 Å². The van der Waals surface area contributed by atoms with Crippen molar-refractivity contribution in [2.45, 2.75) is 6.92 Å². The van der Waals surface area contributed by atoms with E-state index in [4.69, 9.17) is 16.0 Å². The first-order valence-electron chi connectivity index (χ1n) is 7.08. The molecule has 24 heavy (non-hydrogen) atoms. The number of furan rings is 1. The molecule has 1 N–H and O–H groups in total. The number of hydrogen-bond donors (Lipinski definition) is 1. The van der Waals surface area contributed by atoms with Gasteiger partial charge in [-0.3, -0.25) is 10.1 Å². The first-order valence-corrected chi connectivity index (χ1v) is 8.34. The minimum atomic E-state index is -0.380. The van der Waals surface area contributed by atoms with E-state index < -0.39 is 0 Å². The first kappa shape index (κ1) is 14.9. The monoisotopic (exact) mass is 358 g/mol. The number of anilines is 1. The number of fused-ring (bicyclic) bond motifs is 1. The molecule has 0 spiro atoms. The molecule has 0 aliphatic carbocycles. The highest BCUT2D eigenvalue weighted by Gasteiger charge is 2.16. The number of hydrogen-bond acceptors (Lipinski definition) is 5. The van der Waals surface area contributed by atoms with Crippen LogP contribution in [0.2, 0.25) is 5.02 Å². The van der Waals surface area contributed by atoms with E-state index in [9.17, 15) is 4.79 Å². The van der Waals surface area contributed by atoms with E-state index >= 15 is 0 Å². The van der Waals surface area contributed by atoms with Crippen molar-refractivity contribution >= 4 is 39.8 Å². The molecular formula is C16H11ClN4O2S. The lowest BCUT2D eigenvalue weighted by Crippen LogP contribution is -2.12. The Labute approximate surface area is 145 Å². The van der Waals surface area contributed by atoms with Gasteiger partial charge in [0.1, 0.15) is 5.76 Å². The molecule has 0 radical (unpaired) electrons. The average Bonchev–Trinajstić information content (AvgIpc) is 3.24. The van der Waals surface area contributed by atoms with Crippen LogP contribution in [0.1, 0.15) is 16.3 Å². The lowest BCUT2D eigenvalue weighted by Gasteiger charge is -1.99. The molecule has 0 saturated heterocycles. The second-order valence-electron chi connectivity index (χ2n) is 5.12. The Hall–Kier alpha value is -2.64. The summed E-state index contributed by atoms with van der Waals surface area (Å²) >= 11 is 7.37. The van der Waals surface area contributed by atoms with E-state index in [0.29, 0.717) is 15.7 Å². The Balaban J connectivity index is 1.64. The zero-order valence-electron chi connectivity index (χ0n) is 12.5. The van der Waals surface area contributed by atoms with Crippen molar-refractivity contribution < 1.29 is 9.21 Å². The van der Waals surface area contributed by atoms with Gasteiger partial charge in [0.15, 0.2) is 5.76 Å². The summed E-state index contributed by atoms with van der Waals surface area (Å²) < 4.78 is 6.98. The third kappa shape index (κ3) is 2.68. The number of thiazole rings is 1. The van der Waals surface area contributed by atoms with Gasteiger partial charge in [0, 0.05) is 16.0 Å². The van der Waals surface area contributed by atoms with Crippen LogP contribution >= 0.6 is 22.9 Å². The van der Waals surface area contributed by atoms with Crippen LogP contribution in [0.15, 0.2) is 46.2 Å². The van der Waals surface area contributed by atoms with Gasteiger partial charge in [-0.1, -0.05) is 23.7 Å². The van der Waals surface area contributed by atoms with Crippen LogP contribution in [0.3, 0.4) is 0 Å². The molecule has 3 heterocycles. The van der Waals surface area contributed by atoms with Crippen molar-refractivity contribution in [2.75, 3.05) is 5.32 Å². The number of carbonyl (C=O) groups is 1. The number of nitrogens with one attached hydrogen (secondary N) is 1. The van der Waals surface area contributed by atoms with Crippen molar-refractivity contribution in [3.63, 3.8) is 0 Å². The fourth-order valence-corrected chi connectivity index (χ4v) is 3.23. The van der Waals surface area contributed by atoms with Gasteiger partial charge in [-0.25, -0.2) is 4.52 Å². The molecule has 1 aromatic carbocycles. The van der Waals surface area contributed by atoms with Crippen LogP contribution in [0, 0.1) is 6.92 Å². The van der Waals surface area contributed by atoms with E-state index in [2.05, 4.69) is 15.4 Å². The number of aryl methyl sites for hydroxylation is 1. The molecule has 6 nitrogen and oxygen atoms in total. The summed E-state index contributed by atoms with van der Waals surface area (Å²) in [6, 6.07) is 10.8. The van der Waals surface area contributed by atoms with E-state index in [1.165, 1.54) is 11.3 Å². The Morgan fingerprint density at radius 3 is 2.75 bits per heavy atom. The molecule has 4 rings (SSSR count). The summed E-state index contributed by atoms with van der Waals surface area (Å²) in [5.41, 5.74) is 1.85. The van der Waals surface area contributed by atoms with E-state index in [-0.39, 0.29) is 17.6 Å². The van der Waals surface area contributed by atoms with Crippen LogP contribution < -0.4 is 5.32 Å². The number of benzene rings is 1. The number of amides is 1. The van der Waals surface area contributed by atoms with Crippen LogP contribution in [-0.4, -0.2) is 20.5 Å². The maximum Gasteiger partial charge on any atom is 0.293 e. The molecule has 3 aromatic heterocycles. The van der Waals surface area contributed by atoms with E-state index in [0.717, 1.165) is 11.3 Å². The fourth-order valence-electron chi connectivity index (χ4n) is 2.27. The highest BCUT2D eigenvalue weighted by molar-refractivity contribution is 7.15. The predicted octanol–water partition coefficient (Wildman–Crippen LogP) is 4.26. The normalized spacial score (nSPS) is 11.1. The van der Waals surface area contributed by atoms with Gasteiger partial charge in [-0.2, -0.15) is 4.98 Å². The quantitative estimate of drug-likeness (QED) is 0.593. The highest BCUT2D eigenvalue weighted by atomic mass is 35.5. The van der Waals surface area contributed by atoms with Crippen molar-refractivity contribution in [2.24, 2.45) is 0 Å². The Kier molecular flexibility index (Phi) is 3.59. The maximum absolute atomic E-state index is 12.1. The van der Waals surface area contributed by atoms with E-state index in [1.807, 2.05) is 29.6 Å². The first-order chi connectivity index (χ1) is 11.6. The van der Waals surface area contributed by atoms with Crippen molar-refractivity contribution in [1.82, 2.24) is 14.6 Å². The molecule has 0 fully saturated rings. The standard InChI is InChI=1S/C16H11ClN4O2S/c1-9-2-7-13(23-9)14(22)18-15-19-16-21(20-15)12(8-24-16)10-3-5-11(17)6-4-10/h2-8H,1H3,(H,18,20,22). The molecule has 1 amide bonds. The molecule has 0 unspecified atom stereocenters. The molecular weight excluding hydrogens is 348 g/mol. The van der Waals surface area contributed by atoms with Gasteiger partial charge in [0.05, 0.1) is 5.69 Å². The van der Waals surface area contributed by atoms with Crippen LogP contribution in [0.4, 0.5) is 5.95 Å². The predicted molar refractivity (Wildman–Crippen MR) is 92.7 cm³/mol. The molecule has 8 heteroatoms. The third-order valence-corrected chi connectivity index (χ3v) is 4.48. The number of aromatic nitrogens is 3. The minimum Gasteiger partial charge on any atom is -0.456 e. The smallest absolute Gasteiger partial charge is 0.293 e. The molecule has 0 atom stereocenters. The summed E-state index contributed by atoms with van der Waals surface area (Å²) in [6.07, 6.45) is 0. The molecule has 4 aromatic rings. The van der Waals surface area contributed by atoms with Crippen molar-refractivity contribution in [3.8, 4) is 11.3 Å². The van der Waals surface area contributed by atoms with Crippen molar-refractivity contribution in [1.29, 1.82) is 0 Å². The van der Waals surface area contributed by atoms with Gasteiger partial charge >= 0.3 is 0 Å². The fraction of sp³-hybridized carbons (Fsp3) is 0.0625. The van der Waals surface area contributed by atoms with Crippen LogP contribution in [-0.2, 0) is 0 Å². The molecule has 0 saturated carbocycles. The molecule has 0 aliphatic rings. The van der Waals surface area contributed by atoms with Crippen LogP contribution in [0.25, 0.3) is 16.2 Å². The summed E-state index contributed by atoms with van der Waals surface area (Å²) in [6.45, 7) is 1.78. The molecule has 0 bridgehead atoms. The third-order valence-electron chi connectivity index (χ3n) is 3.41. The summed E-state index contributed by atoms with van der Waals surface area (Å²) in [4.78, 5) is 17.1. The average molecular weight is 359 g/mol. The topological polar surface area (TPSA) is 72.4 Å². The van der Waals surface area contributed by atoms with Gasteiger partial charge in [-0.15, -0.1) is 16.4 Å². The number of nitrogens with zero attached hydrogens (tertiary/aromatic N) is 3. The summed E-state index contributed by atoms with van der Waals surface area (Å²) in [5.74, 6) is 0.748. The minimum absolute atomic E-state index is 0.226.